The van der Waals surface area contributed by atoms with Crippen molar-refractivity contribution in [3.63, 3.8) is 0 Å². The van der Waals surface area contributed by atoms with Gasteiger partial charge in [-0.1, -0.05) is 36.0 Å². The molecule has 3 aromatic rings. The summed E-state index contributed by atoms with van der Waals surface area (Å²) in [6, 6.07) is 10.7. The van der Waals surface area contributed by atoms with Gasteiger partial charge in [-0.05, 0) is 44.9 Å². The number of hydrogen-bond donors (Lipinski definition) is 0. The first-order chi connectivity index (χ1) is 11.1. The maximum absolute atomic E-state index is 5.42. The van der Waals surface area contributed by atoms with Gasteiger partial charge in [-0.25, -0.2) is 0 Å². The van der Waals surface area contributed by atoms with Gasteiger partial charge >= 0.3 is 0 Å². The minimum Gasteiger partial charge on any atom is -0.469 e. The fraction of sp³-hybridized carbons (Fsp3) is 0.333. The van der Waals surface area contributed by atoms with E-state index < -0.39 is 0 Å². The molecule has 2 heterocycles. The van der Waals surface area contributed by atoms with Crippen LogP contribution in [0.4, 0.5) is 0 Å². The van der Waals surface area contributed by atoms with Gasteiger partial charge in [-0.15, -0.1) is 10.2 Å². The van der Waals surface area contributed by atoms with Crippen LogP contribution in [-0.2, 0) is 5.75 Å². The minimum atomic E-state index is 0.286. The Morgan fingerprint density at radius 2 is 1.91 bits per heavy atom. The van der Waals surface area contributed by atoms with Gasteiger partial charge in [-0.3, -0.25) is 4.57 Å². The van der Waals surface area contributed by atoms with E-state index in [0.29, 0.717) is 0 Å². The molecule has 0 bridgehead atoms. The smallest absolute Gasteiger partial charge is 0.192 e. The molecule has 0 fully saturated rings. The standard InChI is InChI=1S/C18H21N3OS/c1-12(2)21-17(16-9-10-22-14(16)4)19-20-18(21)23-11-15-8-6-5-7-13(15)3/h5-10,12H,11H2,1-4H3. The minimum absolute atomic E-state index is 0.286. The number of nitrogens with zero attached hydrogens (tertiary/aromatic N) is 3. The van der Waals surface area contributed by atoms with Crippen LogP contribution in [-0.4, -0.2) is 14.8 Å². The summed E-state index contributed by atoms with van der Waals surface area (Å²) < 4.78 is 7.60. The van der Waals surface area contributed by atoms with Gasteiger partial charge in [0.15, 0.2) is 11.0 Å². The van der Waals surface area contributed by atoms with Crippen LogP contribution in [0, 0.1) is 13.8 Å². The Balaban J connectivity index is 1.90. The summed E-state index contributed by atoms with van der Waals surface area (Å²) in [7, 11) is 0. The summed E-state index contributed by atoms with van der Waals surface area (Å²) in [6.45, 7) is 8.40. The lowest BCUT2D eigenvalue weighted by Crippen LogP contribution is -2.05. The molecule has 2 aromatic heterocycles. The van der Waals surface area contributed by atoms with Crippen molar-refractivity contribution in [3.05, 3.63) is 53.5 Å². The third kappa shape index (κ3) is 3.20. The maximum Gasteiger partial charge on any atom is 0.192 e. The molecule has 0 unspecified atom stereocenters. The van der Waals surface area contributed by atoms with Crippen molar-refractivity contribution < 1.29 is 4.42 Å². The summed E-state index contributed by atoms with van der Waals surface area (Å²) in [5.41, 5.74) is 3.65. The molecule has 5 heteroatoms. The zero-order valence-corrected chi connectivity index (χ0v) is 14.7. The van der Waals surface area contributed by atoms with Gasteiger partial charge in [0, 0.05) is 11.8 Å². The van der Waals surface area contributed by atoms with Crippen LogP contribution >= 0.6 is 11.8 Å². The third-order valence-electron chi connectivity index (χ3n) is 3.90. The summed E-state index contributed by atoms with van der Waals surface area (Å²) in [6.07, 6.45) is 1.70. The Kier molecular flexibility index (Phi) is 4.57. The Labute approximate surface area is 140 Å². The number of thioether (sulfide) groups is 1. The summed E-state index contributed by atoms with van der Waals surface area (Å²) in [5.74, 6) is 2.63. The van der Waals surface area contributed by atoms with Gasteiger partial charge in [0.25, 0.3) is 0 Å². The first-order valence-electron chi connectivity index (χ1n) is 7.74. The Morgan fingerprint density at radius 3 is 2.57 bits per heavy atom. The molecular weight excluding hydrogens is 306 g/mol. The second-order valence-electron chi connectivity index (χ2n) is 5.88. The van der Waals surface area contributed by atoms with Crippen molar-refractivity contribution in [1.29, 1.82) is 0 Å². The molecule has 1 aromatic carbocycles. The van der Waals surface area contributed by atoms with Crippen molar-refractivity contribution in [2.24, 2.45) is 0 Å². The van der Waals surface area contributed by atoms with Crippen molar-refractivity contribution >= 4 is 11.8 Å². The van der Waals surface area contributed by atoms with E-state index in [1.807, 2.05) is 13.0 Å². The predicted octanol–water partition coefficient (Wildman–Crippen LogP) is 5.03. The number of furan rings is 1. The Bertz CT molecular complexity index is 804. The normalized spacial score (nSPS) is 11.3. The molecule has 0 aliphatic rings. The number of aromatic nitrogens is 3. The van der Waals surface area contributed by atoms with Crippen molar-refractivity contribution in [1.82, 2.24) is 14.8 Å². The number of rotatable bonds is 5. The van der Waals surface area contributed by atoms with E-state index in [-0.39, 0.29) is 6.04 Å². The molecule has 23 heavy (non-hydrogen) atoms. The molecule has 0 radical (unpaired) electrons. The van der Waals surface area contributed by atoms with Crippen LogP contribution in [0.2, 0.25) is 0 Å². The first-order valence-corrected chi connectivity index (χ1v) is 8.73. The lowest BCUT2D eigenvalue weighted by atomic mass is 10.1. The molecule has 0 saturated heterocycles. The Hall–Kier alpha value is -2.01. The quantitative estimate of drug-likeness (QED) is 0.617. The lowest BCUT2D eigenvalue weighted by molar-refractivity contribution is 0.531. The van der Waals surface area contributed by atoms with E-state index in [4.69, 9.17) is 4.42 Å². The molecule has 0 N–H and O–H groups in total. The average molecular weight is 327 g/mol. The van der Waals surface area contributed by atoms with Gasteiger partial charge in [-0.2, -0.15) is 0 Å². The fourth-order valence-corrected chi connectivity index (χ4v) is 3.70. The summed E-state index contributed by atoms with van der Waals surface area (Å²) in [5, 5.41) is 9.76. The first kappa shape index (κ1) is 15.9. The van der Waals surface area contributed by atoms with Crippen molar-refractivity contribution in [3.8, 4) is 11.4 Å². The van der Waals surface area contributed by atoms with Crippen LogP contribution < -0.4 is 0 Å². The van der Waals surface area contributed by atoms with E-state index in [0.717, 1.165) is 28.1 Å². The predicted molar refractivity (Wildman–Crippen MR) is 93.6 cm³/mol. The van der Waals surface area contributed by atoms with Crippen LogP contribution in [0.25, 0.3) is 11.4 Å². The topological polar surface area (TPSA) is 43.9 Å². The maximum atomic E-state index is 5.42. The highest BCUT2D eigenvalue weighted by Gasteiger charge is 2.19. The highest BCUT2D eigenvalue weighted by atomic mass is 32.2. The monoisotopic (exact) mass is 327 g/mol. The van der Waals surface area contributed by atoms with E-state index >= 15 is 0 Å². The van der Waals surface area contributed by atoms with E-state index in [2.05, 4.69) is 59.8 Å². The second kappa shape index (κ2) is 6.62. The van der Waals surface area contributed by atoms with E-state index in [1.54, 1.807) is 18.0 Å². The SMILES string of the molecule is Cc1ccccc1CSc1nnc(-c2ccoc2C)n1C(C)C. The van der Waals surface area contributed by atoms with Crippen molar-refractivity contribution in [2.75, 3.05) is 0 Å². The molecule has 0 saturated carbocycles. The summed E-state index contributed by atoms with van der Waals surface area (Å²) >= 11 is 1.73. The number of hydrogen-bond acceptors (Lipinski definition) is 4. The summed E-state index contributed by atoms with van der Waals surface area (Å²) in [4.78, 5) is 0. The van der Waals surface area contributed by atoms with Crippen molar-refractivity contribution in [2.45, 2.75) is 44.6 Å². The van der Waals surface area contributed by atoms with Gasteiger partial charge in [0.05, 0.1) is 11.8 Å². The molecule has 0 atom stereocenters. The van der Waals surface area contributed by atoms with E-state index in [9.17, 15) is 0 Å². The molecule has 0 spiro atoms. The molecule has 0 aliphatic carbocycles. The Morgan fingerprint density at radius 1 is 1.13 bits per heavy atom. The second-order valence-corrected chi connectivity index (χ2v) is 6.82. The zero-order valence-electron chi connectivity index (χ0n) is 13.9. The van der Waals surface area contributed by atoms with Gasteiger partial charge in [0.2, 0.25) is 0 Å². The molecular formula is C18H21N3OS. The highest BCUT2D eigenvalue weighted by molar-refractivity contribution is 7.98. The lowest BCUT2D eigenvalue weighted by Gasteiger charge is -2.13. The third-order valence-corrected chi connectivity index (χ3v) is 4.89. The number of aryl methyl sites for hydroxylation is 2. The van der Waals surface area contributed by atoms with Crippen LogP contribution in [0.5, 0.6) is 0 Å². The highest BCUT2D eigenvalue weighted by Crippen LogP contribution is 2.31. The zero-order chi connectivity index (χ0) is 16.4. The number of benzene rings is 1. The average Bonchev–Trinajstić information content (AvgIpc) is 3.12. The van der Waals surface area contributed by atoms with Gasteiger partial charge < -0.3 is 4.42 Å². The van der Waals surface area contributed by atoms with Gasteiger partial charge in [0.1, 0.15) is 5.76 Å². The fourth-order valence-electron chi connectivity index (χ4n) is 2.56. The molecule has 4 nitrogen and oxygen atoms in total. The van der Waals surface area contributed by atoms with Crippen LogP contribution in [0.15, 0.2) is 46.2 Å². The van der Waals surface area contributed by atoms with Crippen LogP contribution in [0.3, 0.4) is 0 Å². The molecule has 0 amide bonds. The van der Waals surface area contributed by atoms with Crippen LogP contribution in [0.1, 0.15) is 36.8 Å². The van der Waals surface area contributed by atoms with E-state index in [1.165, 1.54) is 11.1 Å². The largest absolute Gasteiger partial charge is 0.469 e. The molecule has 0 aliphatic heterocycles. The molecule has 120 valence electrons. The molecule has 3 rings (SSSR count).